The first-order chi connectivity index (χ1) is 15.8. The third kappa shape index (κ3) is 6.62. The number of hydrogen-bond acceptors (Lipinski definition) is 6. The maximum atomic E-state index is 12.9. The molecule has 1 N–H and O–H groups in total. The highest BCUT2D eigenvalue weighted by molar-refractivity contribution is 7.89. The quantitative estimate of drug-likeness (QED) is 0.574. The van der Waals surface area contributed by atoms with E-state index in [1.165, 1.54) is 35.5 Å². The first-order valence-corrected chi connectivity index (χ1v) is 12.0. The number of piperazine rings is 1. The molecule has 1 heterocycles. The van der Waals surface area contributed by atoms with Crippen LogP contribution < -0.4 is 5.32 Å². The Morgan fingerprint density at radius 2 is 1.67 bits per heavy atom. The minimum Gasteiger partial charge on any atom is -0.452 e. The molecule has 0 spiro atoms. The number of benzene rings is 2. The Labute approximate surface area is 193 Å². The van der Waals surface area contributed by atoms with E-state index in [0.29, 0.717) is 26.1 Å². The highest BCUT2D eigenvalue weighted by Crippen LogP contribution is 2.19. The average Bonchev–Trinajstić information content (AvgIpc) is 2.83. The predicted molar refractivity (Wildman–Crippen MR) is 121 cm³/mol. The largest absolute Gasteiger partial charge is 0.452 e. The molecular weight excluding hydrogens is 446 g/mol. The van der Waals surface area contributed by atoms with Gasteiger partial charge in [-0.1, -0.05) is 36.4 Å². The normalized spacial score (nSPS) is 14.5. The lowest BCUT2D eigenvalue weighted by Gasteiger charge is -2.33. The van der Waals surface area contributed by atoms with Crippen LogP contribution in [0.15, 0.2) is 59.5 Å². The molecule has 0 saturated carbocycles. The van der Waals surface area contributed by atoms with Gasteiger partial charge in [0.2, 0.25) is 15.9 Å². The third-order valence-corrected chi connectivity index (χ3v) is 7.20. The summed E-state index contributed by atoms with van der Waals surface area (Å²) in [6, 6.07) is 15.2. The lowest BCUT2D eigenvalue weighted by atomic mass is 10.1. The Morgan fingerprint density at radius 3 is 2.33 bits per heavy atom. The molecule has 3 rings (SSSR count). The molecule has 0 aromatic heterocycles. The van der Waals surface area contributed by atoms with E-state index in [1.54, 1.807) is 4.90 Å². The summed E-state index contributed by atoms with van der Waals surface area (Å²) in [4.78, 5) is 37.3. The molecule has 2 amide bonds. The van der Waals surface area contributed by atoms with Crippen LogP contribution in [0.4, 0.5) is 0 Å². The van der Waals surface area contributed by atoms with Crippen molar-refractivity contribution in [2.75, 3.05) is 39.3 Å². The standard InChI is InChI=1S/C23H27N3O6S/c1-18(27)25-12-14-26(15-13-25)33(30,31)21-9-5-8-20(16-21)23(29)32-17-22(28)24-11-10-19-6-3-2-4-7-19/h2-9,16H,10-15,17H2,1H3,(H,24,28). The number of rotatable bonds is 8. The maximum Gasteiger partial charge on any atom is 0.338 e. The van der Waals surface area contributed by atoms with Gasteiger partial charge >= 0.3 is 5.97 Å². The van der Waals surface area contributed by atoms with Gasteiger partial charge in [-0.3, -0.25) is 9.59 Å². The minimum absolute atomic E-state index is 0.0375. The predicted octanol–water partition coefficient (Wildman–Crippen LogP) is 1.06. The molecule has 1 aliphatic heterocycles. The molecule has 0 unspecified atom stereocenters. The Bertz CT molecular complexity index is 1100. The van der Waals surface area contributed by atoms with Gasteiger partial charge in [0, 0.05) is 39.6 Å². The molecule has 33 heavy (non-hydrogen) atoms. The minimum atomic E-state index is -3.83. The lowest BCUT2D eigenvalue weighted by molar-refractivity contribution is -0.130. The molecule has 1 fully saturated rings. The van der Waals surface area contributed by atoms with Crippen LogP contribution in [0.1, 0.15) is 22.8 Å². The summed E-state index contributed by atoms with van der Waals surface area (Å²) in [5.74, 6) is -1.32. The molecule has 1 aliphatic rings. The second-order valence-corrected chi connectivity index (χ2v) is 9.54. The fourth-order valence-electron chi connectivity index (χ4n) is 3.43. The molecule has 9 nitrogen and oxygen atoms in total. The van der Waals surface area contributed by atoms with Crippen LogP contribution >= 0.6 is 0 Å². The molecule has 0 bridgehead atoms. The van der Waals surface area contributed by atoms with Gasteiger partial charge in [0.15, 0.2) is 6.61 Å². The summed E-state index contributed by atoms with van der Waals surface area (Å²) >= 11 is 0. The van der Waals surface area contributed by atoms with E-state index in [4.69, 9.17) is 4.74 Å². The summed E-state index contributed by atoms with van der Waals surface area (Å²) in [7, 11) is -3.83. The molecule has 176 valence electrons. The van der Waals surface area contributed by atoms with Crippen LogP contribution in [0.5, 0.6) is 0 Å². The van der Waals surface area contributed by atoms with E-state index in [-0.39, 0.29) is 29.5 Å². The van der Waals surface area contributed by atoms with E-state index >= 15 is 0 Å². The second-order valence-electron chi connectivity index (χ2n) is 7.60. The monoisotopic (exact) mass is 473 g/mol. The van der Waals surface area contributed by atoms with Gasteiger partial charge in [0.1, 0.15) is 0 Å². The van der Waals surface area contributed by atoms with Crippen molar-refractivity contribution in [3.63, 3.8) is 0 Å². The van der Waals surface area contributed by atoms with Crippen LogP contribution in [0, 0.1) is 0 Å². The van der Waals surface area contributed by atoms with E-state index < -0.39 is 28.5 Å². The van der Waals surface area contributed by atoms with Crippen LogP contribution in [0.2, 0.25) is 0 Å². The number of carbonyl (C=O) groups is 3. The Morgan fingerprint density at radius 1 is 0.970 bits per heavy atom. The molecule has 0 radical (unpaired) electrons. The lowest BCUT2D eigenvalue weighted by Crippen LogP contribution is -2.49. The SMILES string of the molecule is CC(=O)N1CCN(S(=O)(=O)c2cccc(C(=O)OCC(=O)NCCc3ccccc3)c2)CC1. The first-order valence-electron chi connectivity index (χ1n) is 10.6. The van der Waals surface area contributed by atoms with Crippen molar-refractivity contribution < 1.29 is 27.5 Å². The van der Waals surface area contributed by atoms with Crippen LogP contribution in [0.25, 0.3) is 0 Å². The van der Waals surface area contributed by atoms with Gasteiger partial charge in [0.25, 0.3) is 5.91 Å². The average molecular weight is 474 g/mol. The van der Waals surface area contributed by atoms with Crippen molar-refractivity contribution in [3.05, 3.63) is 65.7 Å². The number of sulfonamides is 1. The van der Waals surface area contributed by atoms with Crippen LogP contribution in [-0.4, -0.2) is 74.7 Å². The van der Waals surface area contributed by atoms with Crippen molar-refractivity contribution in [1.82, 2.24) is 14.5 Å². The summed E-state index contributed by atoms with van der Waals surface area (Å²) in [5, 5.41) is 2.68. The molecule has 10 heteroatoms. The van der Waals surface area contributed by atoms with Gasteiger partial charge in [-0.2, -0.15) is 4.31 Å². The Kier molecular flexibility index (Phi) is 8.18. The fraction of sp³-hybridized carbons (Fsp3) is 0.348. The number of nitrogens with one attached hydrogen (secondary N) is 1. The molecule has 0 atom stereocenters. The number of carbonyl (C=O) groups excluding carboxylic acids is 3. The number of ether oxygens (including phenoxy) is 1. The molecule has 1 saturated heterocycles. The fourth-order valence-corrected chi connectivity index (χ4v) is 4.90. The first kappa shape index (κ1) is 24.4. The van der Waals surface area contributed by atoms with Crippen molar-refractivity contribution >= 4 is 27.8 Å². The Balaban J connectivity index is 1.52. The molecule has 2 aromatic rings. The maximum absolute atomic E-state index is 12.9. The number of amides is 2. The van der Waals surface area contributed by atoms with E-state index in [1.807, 2.05) is 30.3 Å². The van der Waals surface area contributed by atoms with Gasteiger partial charge in [-0.25, -0.2) is 13.2 Å². The van der Waals surface area contributed by atoms with Gasteiger partial charge < -0.3 is 15.0 Å². The number of esters is 1. The van der Waals surface area contributed by atoms with Crippen LogP contribution in [0.3, 0.4) is 0 Å². The van der Waals surface area contributed by atoms with Crippen LogP contribution in [-0.2, 0) is 30.8 Å². The smallest absolute Gasteiger partial charge is 0.338 e. The number of hydrogen-bond donors (Lipinski definition) is 1. The van der Waals surface area contributed by atoms with Gasteiger partial charge in [-0.15, -0.1) is 0 Å². The van der Waals surface area contributed by atoms with Crippen molar-refractivity contribution in [2.24, 2.45) is 0 Å². The van der Waals surface area contributed by atoms with Crippen molar-refractivity contribution in [3.8, 4) is 0 Å². The third-order valence-electron chi connectivity index (χ3n) is 5.30. The zero-order chi connectivity index (χ0) is 23.8. The second kappa shape index (κ2) is 11.1. The van der Waals surface area contributed by atoms with Gasteiger partial charge in [-0.05, 0) is 30.2 Å². The summed E-state index contributed by atoms with van der Waals surface area (Å²) in [6.07, 6.45) is 0.654. The zero-order valence-corrected chi connectivity index (χ0v) is 19.2. The Hall–Kier alpha value is -3.24. The molecule has 0 aliphatic carbocycles. The molecule has 2 aromatic carbocycles. The highest BCUT2D eigenvalue weighted by atomic mass is 32.2. The zero-order valence-electron chi connectivity index (χ0n) is 18.4. The van der Waals surface area contributed by atoms with Gasteiger partial charge in [0.05, 0.1) is 10.5 Å². The summed E-state index contributed by atoms with van der Waals surface area (Å²) in [5.41, 5.74) is 1.12. The van der Waals surface area contributed by atoms with E-state index in [2.05, 4.69) is 5.32 Å². The molecular formula is C23H27N3O6S. The topological polar surface area (TPSA) is 113 Å². The van der Waals surface area contributed by atoms with Crippen molar-refractivity contribution in [2.45, 2.75) is 18.2 Å². The summed E-state index contributed by atoms with van der Waals surface area (Å²) in [6.45, 7) is 2.39. The van der Waals surface area contributed by atoms with E-state index in [0.717, 1.165) is 5.56 Å². The van der Waals surface area contributed by atoms with Crippen molar-refractivity contribution in [1.29, 1.82) is 0 Å². The summed E-state index contributed by atoms with van der Waals surface area (Å²) < 4.78 is 32.2. The number of nitrogens with zero attached hydrogens (tertiary/aromatic N) is 2. The highest BCUT2D eigenvalue weighted by Gasteiger charge is 2.29. The van der Waals surface area contributed by atoms with E-state index in [9.17, 15) is 22.8 Å².